The van der Waals surface area contributed by atoms with Gasteiger partial charge < -0.3 is 10.6 Å². The Morgan fingerprint density at radius 2 is 2.38 bits per heavy atom. The van der Waals surface area contributed by atoms with Gasteiger partial charge in [-0.3, -0.25) is 9.48 Å². The van der Waals surface area contributed by atoms with Gasteiger partial charge in [0.1, 0.15) is 0 Å². The van der Waals surface area contributed by atoms with Crippen molar-refractivity contribution in [2.75, 3.05) is 13.1 Å². The van der Waals surface area contributed by atoms with Gasteiger partial charge in [-0.2, -0.15) is 5.10 Å². The first kappa shape index (κ1) is 11.1. The molecule has 0 aromatic carbocycles. The van der Waals surface area contributed by atoms with E-state index in [9.17, 15) is 4.79 Å². The van der Waals surface area contributed by atoms with Crippen LogP contribution in [-0.4, -0.2) is 39.7 Å². The van der Waals surface area contributed by atoms with Crippen molar-refractivity contribution >= 4 is 5.91 Å². The number of hydrogen-bond donors (Lipinski definition) is 1. The highest BCUT2D eigenvalue weighted by Gasteiger charge is 2.27. The molecule has 0 saturated carbocycles. The Bertz CT molecular complexity index is 387. The van der Waals surface area contributed by atoms with E-state index in [4.69, 9.17) is 5.73 Å². The summed E-state index contributed by atoms with van der Waals surface area (Å²) in [5.41, 5.74) is 6.59. The van der Waals surface area contributed by atoms with Crippen LogP contribution in [0.4, 0.5) is 0 Å². The first-order chi connectivity index (χ1) is 7.58. The third-order valence-electron chi connectivity index (χ3n) is 3.21. The molecule has 1 aliphatic rings. The molecule has 2 atom stereocenters. The smallest absolute Gasteiger partial charge is 0.257 e. The number of nitrogens with zero attached hydrogens (tertiary/aromatic N) is 3. The zero-order chi connectivity index (χ0) is 11.7. The molecular formula is C11H18N4O. The van der Waals surface area contributed by atoms with E-state index in [0.717, 1.165) is 19.5 Å². The molecule has 2 unspecified atom stereocenters. The fraction of sp³-hybridized carbons (Fsp3) is 0.636. The summed E-state index contributed by atoms with van der Waals surface area (Å²) in [7, 11) is 1.81. The zero-order valence-electron chi connectivity index (χ0n) is 9.76. The van der Waals surface area contributed by atoms with Crippen molar-refractivity contribution in [3.05, 3.63) is 18.0 Å². The van der Waals surface area contributed by atoms with Crippen molar-refractivity contribution in [3.8, 4) is 0 Å². The Morgan fingerprint density at radius 1 is 1.62 bits per heavy atom. The Balaban J connectivity index is 2.06. The van der Waals surface area contributed by atoms with Crippen LogP contribution in [0, 0.1) is 5.92 Å². The molecule has 1 aromatic heterocycles. The van der Waals surface area contributed by atoms with Gasteiger partial charge in [-0.05, 0) is 12.3 Å². The molecule has 16 heavy (non-hydrogen) atoms. The molecular weight excluding hydrogens is 204 g/mol. The minimum Gasteiger partial charge on any atom is -0.338 e. The van der Waals surface area contributed by atoms with Crippen molar-refractivity contribution in [2.24, 2.45) is 18.7 Å². The molecule has 5 nitrogen and oxygen atoms in total. The van der Waals surface area contributed by atoms with E-state index in [1.807, 2.05) is 11.9 Å². The summed E-state index contributed by atoms with van der Waals surface area (Å²) < 4.78 is 1.65. The second kappa shape index (κ2) is 4.25. The molecule has 1 saturated heterocycles. The molecule has 0 bridgehead atoms. The molecule has 1 amide bonds. The van der Waals surface area contributed by atoms with Gasteiger partial charge >= 0.3 is 0 Å². The fourth-order valence-corrected chi connectivity index (χ4v) is 2.06. The van der Waals surface area contributed by atoms with Crippen LogP contribution < -0.4 is 5.73 Å². The number of rotatable bonds is 1. The number of carbonyl (C=O) groups is 1. The quantitative estimate of drug-likeness (QED) is 0.739. The summed E-state index contributed by atoms with van der Waals surface area (Å²) in [5.74, 6) is 0.432. The van der Waals surface area contributed by atoms with Crippen LogP contribution in [-0.2, 0) is 7.05 Å². The van der Waals surface area contributed by atoms with Gasteiger partial charge in [-0.1, -0.05) is 6.92 Å². The minimum atomic E-state index is 0.0619. The highest BCUT2D eigenvalue weighted by atomic mass is 16.2. The van der Waals surface area contributed by atoms with Gasteiger partial charge in [0.2, 0.25) is 0 Å². The Kier molecular flexibility index (Phi) is 2.96. The number of aryl methyl sites for hydroxylation is 1. The third-order valence-corrected chi connectivity index (χ3v) is 3.21. The fourth-order valence-electron chi connectivity index (χ4n) is 2.06. The van der Waals surface area contributed by atoms with E-state index in [1.54, 1.807) is 17.1 Å². The number of hydrogen-bond acceptors (Lipinski definition) is 3. The van der Waals surface area contributed by atoms with Gasteiger partial charge in [0, 0.05) is 32.4 Å². The molecule has 2 heterocycles. The summed E-state index contributed by atoms with van der Waals surface area (Å²) in [4.78, 5) is 14.0. The van der Waals surface area contributed by atoms with E-state index in [-0.39, 0.29) is 11.9 Å². The summed E-state index contributed by atoms with van der Waals surface area (Å²) in [5, 5.41) is 4.01. The van der Waals surface area contributed by atoms with Gasteiger partial charge in [0.15, 0.2) is 0 Å². The van der Waals surface area contributed by atoms with E-state index >= 15 is 0 Å². The van der Waals surface area contributed by atoms with Gasteiger partial charge in [-0.15, -0.1) is 0 Å². The van der Waals surface area contributed by atoms with Crippen molar-refractivity contribution < 1.29 is 4.79 Å². The number of likely N-dealkylation sites (tertiary alicyclic amines) is 1. The second-order valence-electron chi connectivity index (χ2n) is 4.58. The lowest BCUT2D eigenvalue weighted by Gasteiger charge is -2.34. The molecule has 0 radical (unpaired) electrons. The standard InChI is InChI=1S/C11H18N4O/c1-8-6-15(4-3-10(8)12)11(16)9-5-13-14(2)7-9/h5,7-8,10H,3-4,6,12H2,1-2H3. The Labute approximate surface area is 95.2 Å². The van der Waals surface area contributed by atoms with Crippen LogP contribution in [0.15, 0.2) is 12.4 Å². The second-order valence-corrected chi connectivity index (χ2v) is 4.58. The monoisotopic (exact) mass is 222 g/mol. The molecule has 0 aliphatic carbocycles. The van der Waals surface area contributed by atoms with Crippen molar-refractivity contribution in [2.45, 2.75) is 19.4 Å². The third kappa shape index (κ3) is 2.09. The van der Waals surface area contributed by atoms with Crippen LogP contribution in [0.5, 0.6) is 0 Å². The summed E-state index contributed by atoms with van der Waals surface area (Å²) >= 11 is 0. The molecule has 1 aliphatic heterocycles. The normalized spacial score (nSPS) is 25.8. The van der Waals surface area contributed by atoms with Gasteiger partial charge in [-0.25, -0.2) is 0 Å². The topological polar surface area (TPSA) is 64.2 Å². The summed E-state index contributed by atoms with van der Waals surface area (Å²) in [6.45, 7) is 3.58. The van der Waals surface area contributed by atoms with Crippen LogP contribution in [0.1, 0.15) is 23.7 Å². The molecule has 5 heteroatoms. The minimum absolute atomic E-state index is 0.0619. The zero-order valence-corrected chi connectivity index (χ0v) is 9.76. The Hall–Kier alpha value is -1.36. The first-order valence-electron chi connectivity index (χ1n) is 5.61. The highest BCUT2D eigenvalue weighted by molar-refractivity contribution is 5.93. The SMILES string of the molecule is CC1CN(C(=O)c2cnn(C)c2)CCC1N. The lowest BCUT2D eigenvalue weighted by Crippen LogP contribution is -2.48. The van der Waals surface area contributed by atoms with E-state index in [1.165, 1.54) is 0 Å². The molecule has 1 aromatic rings. The molecule has 1 fully saturated rings. The lowest BCUT2D eigenvalue weighted by molar-refractivity contribution is 0.0664. The van der Waals surface area contributed by atoms with Crippen LogP contribution in [0.25, 0.3) is 0 Å². The van der Waals surface area contributed by atoms with Crippen LogP contribution >= 0.6 is 0 Å². The number of aromatic nitrogens is 2. The van der Waals surface area contributed by atoms with Crippen LogP contribution in [0.3, 0.4) is 0 Å². The van der Waals surface area contributed by atoms with Gasteiger partial charge in [0.25, 0.3) is 5.91 Å². The number of nitrogens with two attached hydrogens (primary N) is 1. The van der Waals surface area contributed by atoms with Crippen molar-refractivity contribution in [3.63, 3.8) is 0 Å². The summed E-state index contributed by atoms with van der Waals surface area (Å²) in [6.07, 6.45) is 4.25. The van der Waals surface area contributed by atoms with Crippen molar-refractivity contribution in [1.82, 2.24) is 14.7 Å². The highest BCUT2D eigenvalue weighted by Crippen LogP contribution is 2.17. The lowest BCUT2D eigenvalue weighted by atomic mass is 9.94. The maximum atomic E-state index is 12.1. The van der Waals surface area contributed by atoms with E-state index in [0.29, 0.717) is 11.5 Å². The predicted octanol–water partition coefficient (Wildman–Crippen LogP) is 0.229. The van der Waals surface area contributed by atoms with Crippen molar-refractivity contribution in [1.29, 1.82) is 0 Å². The molecule has 0 spiro atoms. The van der Waals surface area contributed by atoms with Gasteiger partial charge in [0.05, 0.1) is 11.8 Å². The van der Waals surface area contributed by atoms with E-state index in [2.05, 4.69) is 12.0 Å². The summed E-state index contributed by atoms with van der Waals surface area (Å²) in [6, 6.07) is 0.220. The molecule has 88 valence electrons. The molecule has 2 rings (SSSR count). The molecule has 2 N–H and O–H groups in total. The van der Waals surface area contributed by atoms with Crippen LogP contribution in [0.2, 0.25) is 0 Å². The average molecular weight is 222 g/mol. The predicted molar refractivity (Wildman–Crippen MR) is 60.9 cm³/mol. The first-order valence-corrected chi connectivity index (χ1v) is 5.61. The maximum absolute atomic E-state index is 12.1. The number of carbonyl (C=O) groups excluding carboxylic acids is 1. The van der Waals surface area contributed by atoms with E-state index < -0.39 is 0 Å². The maximum Gasteiger partial charge on any atom is 0.257 e. The average Bonchev–Trinajstić information content (AvgIpc) is 2.68. The largest absolute Gasteiger partial charge is 0.338 e. The Morgan fingerprint density at radius 3 is 2.94 bits per heavy atom. The number of piperidine rings is 1. The number of amides is 1.